The maximum atomic E-state index is 13.6. The number of hydrogen-bond donors (Lipinski definition) is 1. The van der Waals surface area contributed by atoms with E-state index in [-0.39, 0.29) is 16.5 Å². The van der Waals surface area contributed by atoms with Crippen molar-refractivity contribution in [3.8, 4) is 11.1 Å². The molecule has 2 aromatic heterocycles. The molecule has 0 aliphatic carbocycles. The summed E-state index contributed by atoms with van der Waals surface area (Å²) in [5.41, 5.74) is 3.98. The van der Waals surface area contributed by atoms with Gasteiger partial charge in [0.15, 0.2) is 0 Å². The molecular weight excluding hydrogens is 469 g/mol. The van der Waals surface area contributed by atoms with E-state index < -0.39 is 17.7 Å². The van der Waals surface area contributed by atoms with Crippen LogP contribution in [-0.2, 0) is 4.74 Å². The van der Waals surface area contributed by atoms with Gasteiger partial charge in [-0.15, -0.1) is 22.7 Å². The molecule has 0 fully saturated rings. The Hall–Kier alpha value is -2.74. The van der Waals surface area contributed by atoms with Crippen LogP contribution in [0.4, 0.5) is 9.39 Å². The molecule has 0 aliphatic heterocycles. The minimum Gasteiger partial charge on any atom is -0.462 e. The van der Waals surface area contributed by atoms with Crippen molar-refractivity contribution >= 4 is 61.2 Å². The average Bonchev–Trinajstić information content (AvgIpc) is 3.30. The fourth-order valence-corrected chi connectivity index (χ4v) is 5.81. The lowest BCUT2D eigenvalue weighted by molar-refractivity contribution is 0.0529. The number of aryl methyl sites for hydroxylation is 2. The topological polar surface area (TPSA) is 55.4 Å². The Morgan fingerprint density at radius 3 is 2.66 bits per heavy atom. The Morgan fingerprint density at radius 1 is 1.12 bits per heavy atom. The molecule has 0 saturated heterocycles. The number of thiophene rings is 2. The second-order valence-electron chi connectivity index (χ2n) is 7.23. The Morgan fingerprint density at radius 2 is 1.91 bits per heavy atom. The third kappa shape index (κ3) is 4.16. The average molecular weight is 488 g/mol. The number of esters is 1. The number of carbonyl (C=O) groups is 2. The highest BCUT2D eigenvalue weighted by atomic mass is 35.5. The van der Waals surface area contributed by atoms with Gasteiger partial charge in [0.1, 0.15) is 21.3 Å². The summed E-state index contributed by atoms with van der Waals surface area (Å²) in [5, 5.41) is 5.90. The zero-order valence-corrected chi connectivity index (χ0v) is 19.9. The highest BCUT2D eigenvalue weighted by Gasteiger charge is 2.25. The minimum atomic E-state index is -0.510. The van der Waals surface area contributed by atoms with Gasteiger partial charge in [0.25, 0.3) is 5.91 Å². The summed E-state index contributed by atoms with van der Waals surface area (Å²) in [5.74, 6) is -1.37. The normalized spacial score (nSPS) is 11.0. The molecule has 1 N–H and O–H groups in total. The van der Waals surface area contributed by atoms with E-state index in [1.54, 1.807) is 13.0 Å². The molecule has 0 spiro atoms. The maximum absolute atomic E-state index is 13.6. The molecule has 2 aromatic carbocycles. The Balaban J connectivity index is 1.76. The number of fused-ring (bicyclic) bond motifs is 1. The molecule has 4 aromatic rings. The molecule has 0 bridgehead atoms. The van der Waals surface area contributed by atoms with E-state index in [4.69, 9.17) is 16.3 Å². The zero-order chi connectivity index (χ0) is 23.0. The first-order valence-electron chi connectivity index (χ1n) is 9.85. The number of nitrogens with one attached hydrogen (secondary N) is 1. The predicted molar refractivity (Wildman–Crippen MR) is 130 cm³/mol. The van der Waals surface area contributed by atoms with Crippen molar-refractivity contribution in [2.75, 3.05) is 11.9 Å². The van der Waals surface area contributed by atoms with Crippen molar-refractivity contribution in [1.82, 2.24) is 0 Å². The molecule has 0 radical (unpaired) electrons. The molecule has 2 heterocycles. The number of anilines is 1. The van der Waals surface area contributed by atoms with Crippen LogP contribution in [0.5, 0.6) is 0 Å². The number of halogens is 2. The summed E-state index contributed by atoms with van der Waals surface area (Å²) >= 11 is 8.75. The summed E-state index contributed by atoms with van der Waals surface area (Å²) in [6, 6.07) is 10.2. The predicted octanol–water partition coefficient (Wildman–Crippen LogP) is 7.47. The molecule has 4 rings (SSSR count). The van der Waals surface area contributed by atoms with E-state index >= 15 is 0 Å². The third-order valence-electron chi connectivity index (χ3n) is 4.98. The summed E-state index contributed by atoms with van der Waals surface area (Å²) in [6.07, 6.45) is 0. The molecular formula is C24H19ClFNO3S2. The SMILES string of the molecule is CCOC(=O)c1c(-c2cc(C)ccc2C)csc1NC(=O)c1sc2cc(F)ccc2c1Cl. The smallest absolute Gasteiger partial charge is 0.341 e. The molecule has 1 amide bonds. The van der Waals surface area contributed by atoms with E-state index in [0.29, 0.717) is 26.2 Å². The van der Waals surface area contributed by atoms with Crippen molar-refractivity contribution in [2.24, 2.45) is 0 Å². The first-order chi connectivity index (χ1) is 15.3. The lowest BCUT2D eigenvalue weighted by atomic mass is 9.97. The van der Waals surface area contributed by atoms with Crippen molar-refractivity contribution in [3.05, 3.63) is 74.2 Å². The van der Waals surface area contributed by atoms with E-state index in [1.807, 2.05) is 37.4 Å². The van der Waals surface area contributed by atoms with Gasteiger partial charge in [-0.25, -0.2) is 9.18 Å². The van der Waals surface area contributed by atoms with Gasteiger partial charge in [0.05, 0.1) is 11.6 Å². The summed E-state index contributed by atoms with van der Waals surface area (Å²) < 4.78 is 19.4. The molecule has 0 atom stereocenters. The van der Waals surface area contributed by atoms with Crippen LogP contribution < -0.4 is 5.32 Å². The van der Waals surface area contributed by atoms with Gasteiger partial charge in [-0.05, 0) is 50.1 Å². The van der Waals surface area contributed by atoms with Crippen LogP contribution >= 0.6 is 34.3 Å². The molecule has 164 valence electrons. The van der Waals surface area contributed by atoms with E-state index in [2.05, 4.69) is 5.32 Å². The van der Waals surface area contributed by atoms with Crippen LogP contribution in [0.1, 0.15) is 38.1 Å². The van der Waals surface area contributed by atoms with Gasteiger partial charge in [-0.2, -0.15) is 0 Å². The van der Waals surface area contributed by atoms with Crippen LogP contribution in [-0.4, -0.2) is 18.5 Å². The van der Waals surface area contributed by atoms with E-state index in [0.717, 1.165) is 28.0 Å². The van der Waals surface area contributed by atoms with Crippen molar-refractivity contribution in [2.45, 2.75) is 20.8 Å². The number of ether oxygens (including phenoxy) is 1. The van der Waals surface area contributed by atoms with Gasteiger partial charge in [-0.1, -0.05) is 35.4 Å². The maximum Gasteiger partial charge on any atom is 0.341 e. The summed E-state index contributed by atoms with van der Waals surface area (Å²) in [6.45, 7) is 5.89. The largest absolute Gasteiger partial charge is 0.462 e. The van der Waals surface area contributed by atoms with Gasteiger partial charge < -0.3 is 10.1 Å². The van der Waals surface area contributed by atoms with E-state index in [9.17, 15) is 14.0 Å². The number of carbonyl (C=O) groups excluding carboxylic acids is 2. The molecule has 0 aliphatic rings. The quantitative estimate of drug-likeness (QED) is 0.297. The fraction of sp³-hybridized carbons (Fsp3) is 0.167. The summed E-state index contributed by atoms with van der Waals surface area (Å²) in [4.78, 5) is 26.2. The lowest BCUT2D eigenvalue weighted by Gasteiger charge is -2.11. The van der Waals surface area contributed by atoms with Crippen LogP contribution in [0.3, 0.4) is 0 Å². The van der Waals surface area contributed by atoms with Crippen LogP contribution in [0, 0.1) is 19.7 Å². The van der Waals surface area contributed by atoms with Crippen LogP contribution in [0.2, 0.25) is 5.02 Å². The zero-order valence-electron chi connectivity index (χ0n) is 17.5. The number of benzene rings is 2. The Labute approximate surface area is 197 Å². The van der Waals surface area contributed by atoms with Gasteiger partial charge in [-0.3, -0.25) is 4.79 Å². The Kier molecular flexibility index (Phi) is 6.33. The minimum absolute atomic E-state index is 0.210. The van der Waals surface area contributed by atoms with Crippen molar-refractivity contribution in [3.63, 3.8) is 0 Å². The first kappa shape index (κ1) is 22.5. The molecule has 0 unspecified atom stereocenters. The third-order valence-corrected chi connectivity index (χ3v) is 7.53. The van der Waals surface area contributed by atoms with Crippen LogP contribution in [0.25, 0.3) is 21.2 Å². The Bertz CT molecular complexity index is 1360. The summed E-state index contributed by atoms with van der Waals surface area (Å²) in [7, 11) is 0. The van der Waals surface area contributed by atoms with Crippen molar-refractivity contribution < 1.29 is 18.7 Å². The monoisotopic (exact) mass is 487 g/mol. The molecule has 4 nitrogen and oxygen atoms in total. The number of hydrogen-bond acceptors (Lipinski definition) is 5. The molecule has 8 heteroatoms. The van der Waals surface area contributed by atoms with Crippen molar-refractivity contribution in [1.29, 1.82) is 0 Å². The molecule has 0 saturated carbocycles. The number of rotatable bonds is 5. The van der Waals surface area contributed by atoms with Gasteiger partial charge in [0.2, 0.25) is 0 Å². The van der Waals surface area contributed by atoms with Gasteiger partial charge in [0, 0.05) is 21.0 Å². The van der Waals surface area contributed by atoms with Crippen LogP contribution in [0.15, 0.2) is 41.8 Å². The number of amides is 1. The lowest BCUT2D eigenvalue weighted by Crippen LogP contribution is -2.14. The first-order valence-corrected chi connectivity index (χ1v) is 11.9. The highest BCUT2D eigenvalue weighted by molar-refractivity contribution is 7.22. The second kappa shape index (κ2) is 9.02. The van der Waals surface area contributed by atoms with Gasteiger partial charge >= 0.3 is 5.97 Å². The molecule has 32 heavy (non-hydrogen) atoms. The fourth-order valence-electron chi connectivity index (χ4n) is 3.42. The standard InChI is InChI=1S/C24H19ClFNO3S2/c1-4-30-24(29)19-17(16-9-12(2)5-6-13(16)3)11-31-23(19)27-22(28)21-20(25)15-8-7-14(26)10-18(15)32-21/h5-11H,4H2,1-3H3,(H,27,28). The highest BCUT2D eigenvalue weighted by Crippen LogP contribution is 2.40. The second-order valence-corrected chi connectivity index (χ2v) is 9.54. The van der Waals surface area contributed by atoms with E-state index in [1.165, 1.54) is 23.5 Å².